The summed E-state index contributed by atoms with van der Waals surface area (Å²) in [6.07, 6.45) is 1.72. The summed E-state index contributed by atoms with van der Waals surface area (Å²) >= 11 is 0. The predicted molar refractivity (Wildman–Crippen MR) is 84.4 cm³/mol. The Morgan fingerprint density at radius 1 is 1.26 bits per heavy atom. The van der Waals surface area contributed by atoms with Crippen LogP contribution < -0.4 is 4.90 Å². The average Bonchev–Trinajstić information content (AvgIpc) is 3.19. The van der Waals surface area contributed by atoms with Crippen LogP contribution >= 0.6 is 0 Å². The number of amides is 2. The molecule has 0 spiro atoms. The number of benzene rings is 1. The molecule has 122 valence electrons. The lowest BCUT2D eigenvalue weighted by atomic mass is 10.1. The number of anilines is 1. The molecule has 2 aliphatic heterocycles. The highest BCUT2D eigenvalue weighted by molar-refractivity contribution is 5.98. The standard InChI is InChI=1S/C17H20N2O4/c1-2-15(20)19-8-6-11-9-12(3-4-14(11)19)16(21)18-7-5-13(10-18)17(22)23/h3-4,9,13H,2,5-8,10H2,1H3,(H,22,23). The van der Waals surface area contributed by atoms with Crippen molar-refractivity contribution in [2.24, 2.45) is 5.92 Å². The fraction of sp³-hybridized carbons (Fsp3) is 0.471. The van der Waals surface area contributed by atoms with E-state index in [1.54, 1.807) is 15.9 Å². The van der Waals surface area contributed by atoms with Gasteiger partial charge in [0.1, 0.15) is 0 Å². The Labute approximate surface area is 134 Å². The molecule has 0 saturated carbocycles. The van der Waals surface area contributed by atoms with Gasteiger partial charge >= 0.3 is 5.97 Å². The maximum atomic E-state index is 12.5. The number of hydrogen-bond acceptors (Lipinski definition) is 3. The molecule has 1 fully saturated rings. The van der Waals surface area contributed by atoms with Gasteiger partial charge in [-0.25, -0.2) is 0 Å². The SMILES string of the molecule is CCC(=O)N1CCc2cc(C(=O)N3CCC(C(=O)O)C3)ccc21. The highest BCUT2D eigenvalue weighted by Gasteiger charge is 2.32. The molecular formula is C17H20N2O4. The summed E-state index contributed by atoms with van der Waals surface area (Å²) in [5.41, 5.74) is 2.46. The van der Waals surface area contributed by atoms with Crippen molar-refractivity contribution >= 4 is 23.5 Å². The molecule has 6 heteroatoms. The van der Waals surface area contributed by atoms with E-state index in [1.165, 1.54) is 0 Å². The van der Waals surface area contributed by atoms with Crippen molar-refractivity contribution < 1.29 is 19.5 Å². The van der Waals surface area contributed by atoms with Gasteiger partial charge in [0.05, 0.1) is 5.92 Å². The van der Waals surface area contributed by atoms with Gasteiger partial charge in [0, 0.05) is 37.3 Å². The highest BCUT2D eigenvalue weighted by Crippen LogP contribution is 2.30. The van der Waals surface area contributed by atoms with Gasteiger partial charge in [-0.2, -0.15) is 0 Å². The van der Waals surface area contributed by atoms with Crippen molar-refractivity contribution in [1.82, 2.24) is 4.90 Å². The Balaban J connectivity index is 1.77. The number of fused-ring (bicyclic) bond motifs is 1. The molecule has 1 N–H and O–H groups in total. The first-order valence-corrected chi connectivity index (χ1v) is 7.96. The molecule has 0 bridgehead atoms. The maximum Gasteiger partial charge on any atom is 0.308 e. The Hall–Kier alpha value is -2.37. The second-order valence-corrected chi connectivity index (χ2v) is 6.07. The predicted octanol–water partition coefficient (Wildman–Crippen LogP) is 1.53. The van der Waals surface area contributed by atoms with Gasteiger partial charge in [0.2, 0.25) is 5.91 Å². The van der Waals surface area contributed by atoms with Gasteiger partial charge in [-0.1, -0.05) is 6.92 Å². The third-order valence-electron chi connectivity index (χ3n) is 4.65. The second kappa shape index (κ2) is 6.02. The van der Waals surface area contributed by atoms with Crippen LogP contribution in [0.25, 0.3) is 0 Å². The van der Waals surface area contributed by atoms with E-state index in [1.807, 2.05) is 19.1 Å². The molecule has 2 amide bonds. The van der Waals surface area contributed by atoms with E-state index in [-0.39, 0.29) is 18.4 Å². The molecule has 23 heavy (non-hydrogen) atoms. The van der Waals surface area contributed by atoms with Gasteiger partial charge in [0.25, 0.3) is 5.91 Å². The van der Waals surface area contributed by atoms with Crippen molar-refractivity contribution in [2.45, 2.75) is 26.2 Å². The lowest BCUT2D eigenvalue weighted by Gasteiger charge is -2.18. The van der Waals surface area contributed by atoms with E-state index in [2.05, 4.69) is 0 Å². The van der Waals surface area contributed by atoms with Gasteiger partial charge < -0.3 is 14.9 Å². The van der Waals surface area contributed by atoms with Gasteiger partial charge in [0.15, 0.2) is 0 Å². The Morgan fingerprint density at radius 2 is 2.04 bits per heavy atom. The number of likely N-dealkylation sites (tertiary alicyclic amines) is 1. The molecule has 6 nitrogen and oxygen atoms in total. The number of nitrogens with zero attached hydrogens (tertiary/aromatic N) is 2. The zero-order valence-electron chi connectivity index (χ0n) is 13.1. The summed E-state index contributed by atoms with van der Waals surface area (Å²) in [6.45, 7) is 3.24. The zero-order valence-corrected chi connectivity index (χ0v) is 13.1. The van der Waals surface area contributed by atoms with Gasteiger partial charge in [-0.15, -0.1) is 0 Å². The fourth-order valence-electron chi connectivity index (χ4n) is 3.31. The maximum absolute atomic E-state index is 12.5. The highest BCUT2D eigenvalue weighted by atomic mass is 16.4. The lowest BCUT2D eigenvalue weighted by Crippen LogP contribution is -2.30. The minimum Gasteiger partial charge on any atom is -0.481 e. The first-order chi connectivity index (χ1) is 11.0. The molecular weight excluding hydrogens is 296 g/mol. The van der Waals surface area contributed by atoms with E-state index in [0.717, 1.165) is 17.7 Å². The third-order valence-corrected chi connectivity index (χ3v) is 4.65. The lowest BCUT2D eigenvalue weighted by molar-refractivity contribution is -0.141. The molecule has 1 unspecified atom stereocenters. The first kappa shape index (κ1) is 15.5. The van der Waals surface area contributed by atoms with Crippen LogP contribution in [0, 0.1) is 5.92 Å². The van der Waals surface area contributed by atoms with Crippen LogP contribution in [0.15, 0.2) is 18.2 Å². The molecule has 2 heterocycles. The third kappa shape index (κ3) is 2.81. The van der Waals surface area contributed by atoms with Gasteiger partial charge in [-0.3, -0.25) is 14.4 Å². The van der Waals surface area contributed by atoms with Crippen LogP contribution in [0.4, 0.5) is 5.69 Å². The molecule has 0 aliphatic carbocycles. The second-order valence-electron chi connectivity index (χ2n) is 6.07. The number of carbonyl (C=O) groups is 3. The van der Waals surface area contributed by atoms with Crippen LogP contribution in [0.5, 0.6) is 0 Å². The number of hydrogen-bond donors (Lipinski definition) is 1. The molecule has 1 aromatic rings. The van der Waals surface area contributed by atoms with Crippen molar-refractivity contribution in [1.29, 1.82) is 0 Å². The number of aliphatic carboxylic acids is 1. The number of carboxylic acids is 1. The van der Waals surface area contributed by atoms with E-state index in [0.29, 0.717) is 31.5 Å². The van der Waals surface area contributed by atoms with Crippen LogP contribution in [0.2, 0.25) is 0 Å². The first-order valence-electron chi connectivity index (χ1n) is 7.96. The van der Waals surface area contributed by atoms with Crippen LogP contribution in [-0.4, -0.2) is 47.4 Å². The Kier molecular flexibility index (Phi) is 4.07. The summed E-state index contributed by atoms with van der Waals surface area (Å²) in [5.74, 6) is -1.35. The molecule has 1 atom stereocenters. The van der Waals surface area contributed by atoms with E-state index >= 15 is 0 Å². The number of rotatable bonds is 3. The van der Waals surface area contributed by atoms with E-state index in [4.69, 9.17) is 5.11 Å². The number of carboxylic acid groups (broad SMARTS) is 1. The molecule has 3 rings (SSSR count). The van der Waals surface area contributed by atoms with Crippen molar-refractivity contribution in [3.8, 4) is 0 Å². The normalized spacial score (nSPS) is 19.8. The largest absolute Gasteiger partial charge is 0.481 e. The molecule has 1 saturated heterocycles. The Morgan fingerprint density at radius 3 is 2.70 bits per heavy atom. The summed E-state index contributed by atoms with van der Waals surface area (Å²) in [5, 5.41) is 9.04. The molecule has 2 aliphatic rings. The summed E-state index contributed by atoms with van der Waals surface area (Å²) in [7, 11) is 0. The minimum atomic E-state index is -0.844. The van der Waals surface area contributed by atoms with Crippen molar-refractivity contribution in [2.75, 3.05) is 24.5 Å². The minimum absolute atomic E-state index is 0.0895. The van der Waals surface area contributed by atoms with E-state index < -0.39 is 11.9 Å². The molecule has 0 aromatic heterocycles. The van der Waals surface area contributed by atoms with Crippen LogP contribution in [0.3, 0.4) is 0 Å². The zero-order chi connectivity index (χ0) is 16.6. The Bertz CT molecular complexity index is 671. The molecule has 0 radical (unpaired) electrons. The summed E-state index contributed by atoms with van der Waals surface area (Å²) in [6, 6.07) is 5.40. The topological polar surface area (TPSA) is 77.9 Å². The monoisotopic (exact) mass is 316 g/mol. The van der Waals surface area contributed by atoms with Crippen molar-refractivity contribution in [3.63, 3.8) is 0 Å². The average molecular weight is 316 g/mol. The fourth-order valence-corrected chi connectivity index (χ4v) is 3.31. The van der Waals surface area contributed by atoms with Gasteiger partial charge in [-0.05, 0) is 36.6 Å². The van der Waals surface area contributed by atoms with Crippen LogP contribution in [-0.2, 0) is 16.0 Å². The smallest absolute Gasteiger partial charge is 0.308 e. The quantitative estimate of drug-likeness (QED) is 0.917. The summed E-state index contributed by atoms with van der Waals surface area (Å²) < 4.78 is 0. The van der Waals surface area contributed by atoms with E-state index in [9.17, 15) is 14.4 Å². The molecule has 1 aromatic carbocycles. The van der Waals surface area contributed by atoms with Crippen molar-refractivity contribution in [3.05, 3.63) is 29.3 Å². The number of carbonyl (C=O) groups excluding carboxylic acids is 2. The van der Waals surface area contributed by atoms with Crippen LogP contribution in [0.1, 0.15) is 35.7 Å². The summed E-state index contributed by atoms with van der Waals surface area (Å²) in [4.78, 5) is 38.8.